The molecule has 1 saturated heterocycles. The second kappa shape index (κ2) is 7.66. The van der Waals surface area contributed by atoms with Gasteiger partial charge >= 0.3 is 12.1 Å². The van der Waals surface area contributed by atoms with Gasteiger partial charge in [-0.1, -0.05) is 0 Å². The van der Waals surface area contributed by atoms with Crippen molar-refractivity contribution in [1.82, 2.24) is 15.1 Å². The number of anilines is 1. The Bertz CT molecular complexity index is 930. The maximum absolute atomic E-state index is 12.2. The molecule has 0 unspecified atom stereocenters. The summed E-state index contributed by atoms with van der Waals surface area (Å²) < 4.78 is 36.0. The highest BCUT2D eigenvalue weighted by Gasteiger charge is 2.38. The lowest BCUT2D eigenvalue weighted by Crippen LogP contribution is -2.43. The lowest BCUT2D eigenvalue weighted by molar-refractivity contribution is -0.192. The molecule has 1 aliphatic rings. The molecule has 7 nitrogen and oxygen atoms in total. The van der Waals surface area contributed by atoms with Crippen LogP contribution in [0.4, 0.5) is 18.9 Å². The molecule has 4 rings (SSSR count). The number of hydrogen-bond acceptors (Lipinski definition) is 6. The zero-order valence-corrected chi connectivity index (χ0v) is 15.1. The first-order valence-electron chi connectivity index (χ1n) is 7.57. The van der Waals surface area contributed by atoms with E-state index in [1.54, 1.807) is 17.5 Å². The number of rotatable bonds is 3. The largest absolute Gasteiger partial charge is 0.490 e. The zero-order chi connectivity index (χ0) is 19.6. The molecular formula is C15H13F3N4O3S2. The third-order valence-corrected chi connectivity index (χ3v) is 5.69. The molecule has 0 aromatic carbocycles. The molecule has 1 fully saturated rings. The number of carbonyl (C=O) groups excluding carboxylic acids is 1. The van der Waals surface area contributed by atoms with Crippen LogP contribution in [0, 0.1) is 0 Å². The monoisotopic (exact) mass is 418 g/mol. The number of fused-ring (bicyclic) bond motifs is 1. The van der Waals surface area contributed by atoms with Gasteiger partial charge in [0.25, 0.3) is 5.91 Å². The third kappa shape index (κ3) is 4.64. The van der Waals surface area contributed by atoms with Crippen molar-refractivity contribution in [2.75, 3.05) is 18.4 Å². The van der Waals surface area contributed by atoms with Crippen molar-refractivity contribution >= 4 is 49.6 Å². The van der Waals surface area contributed by atoms with Crippen molar-refractivity contribution in [2.45, 2.75) is 12.2 Å². The fourth-order valence-corrected chi connectivity index (χ4v) is 4.14. The molecule has 0 saturated carbocycles. The van der Waals surface area contributed by atoms with Gasteiger partial charge < -0.3 is 15.7 Å². The van der Waals surface area contributed by atoms with Crippen LogP contribution in [0.5, 0.6) is 0 Å². The van der Waals surface area contributed by atoms with E-state index in [0.717, 1.165) is 33.1 Å². The Balaban J connectivity index is 0.000000260. The summed E-state index contributed by atoms with van der Waals surface area (Å²) in [6.07, 6.45) is -1.49. The molecule has 1 aliphatic heterocycles. The zero-order valence-electron chi connectivity index (χ0n) is 13.5. The van der Waals surface area contributed by atoms with Gasteiger partial charge in [0.05, 0.1) is 22.8 Å². The van der Waals surface area contributed by atoms with Crippen LogP contribution in [0.15, 0.2) is 29.9 Å². The first kappa shape index (κ1) is 19.3. The molecule has 3 aromatic heterocycles. The normalized spacial score (nSPS) is 14.3. The highest BCUT2D eigenvalue weighted by Crippen LogP contribution is 2.30. The van der Waals surface area contributed by atoms with Gasteiger partial charge in [-0.2, -0.15) is 18.3 Å². The molecule has 0 spiro atoms. The number of carboxylic acids is 1. The minimum atomic E-state index is -5.08. The van der Waals surface area contributed by atoms with E-state index in [9.17, 15) is 18.0 Å². The number of hydrogen-bond donors (Lipinski definition) is 3. The topological polar surface area (TPSA) is 96.3 Å². The summed E-state index contributed by atoms with van der Waals surface area (Å²) >= 11 is 3.18. The van der Waals surface area contributed by atoms with Gasteiger partial charge in [-0.15, -0.1) is 22.7 Å². The van der Waals surface area contributed by atoms with Crippen molar-refractivity contribution in [3.63, 3.8) is 0 Å². The van der Waals surface area contributed by atoms with Gasteiger partial charge in [0, 0.05) is 28.7 Å². The summed E-state index contributed by atoms with van der Waals surface area (Å²) in [5, 5.41) is 19.6. The van der Waals surface area contributed by atoms with E-state index in [4.69, 9.17) is 9.90 Å². The first-order valence-corrected chi connectivity index (χ1v) is 9.27. The molecule has 0 bridgehead atoms. The standard InChI is InChI=1S/C13H12N4OS2.C2HF3O2/c18-13(12-3-11-10(20-12)1-2-19-11)16-8-4-15-17(7-8)9-5-14-6-9;3-2(4,5)1(6)7/h1-4,7,9,14H,5-6H2,(H,16,18);(H,6,7). The Kier molecular flexibility index (Phi) is 5.48. The summed E-state index contributed by atoms with van der Waals surface area (Å²) in [6.45, 7) is 1.88. The number of halogens is 3. The smallest absolute Gasteiger partial charge is 0.475 e. The second-order valence-corrected chi connectivity index (χ2v) is 7.57. The minimum Gasteiger partial charge on any atom is -0.475 e. The maximum atomic E-state index is 12.2. The number of amides is 1. The van der Waals surface area contributed by atoms with Gasteiger partial charge in [-0.05, 0) is 17.5 Å². The molecule has 0 atom stereocenters. The number of nitrogens with one attached hydrogen (secondary N) is 2. The molecule has 3 N–H and O–H groups in total. The number of carbonyl (C=O) groups is 2. The van der Waals surface area contributed by atoms with Crippen LogP contribution in [0.3, 0.4) is 0 Å². The summed E-state index contributed by atoms with van der Waals surface area (Å²) in [5.41, 5.74) is 0.749. The lowest BCUT2D eigenvalue weighted by Gasteiger charge is -2.27. The highest BCUT2D eigenvalue weighted by atomic mass is 32.1. The predicted molar refractivity (Wildman–Crippen MR) is 95.5 cm³/mol. The SMILES string of the molecule is O=C(Nc1cnn(C2CNC2)c1)c1cc2sccc2s1.O=C(O)C(F)(F)F. The van der Waals surface area contributed by atoms with E-state index in [2.05, 4.69) is 15.7 Å². The van der Waals surface area contributed by atoms with E-state index >= 15 is 0 Å². The predicted octanol–water partition coefficient (Wildman–Crippen LogP) is 3.19. The maximum Gasteiger partial charge on any atom is 0.490 e. The second-order valence-electron chi connectivity index (χ2n) is 5.54. The van der Waals surface area contributed by atoms with Crippen LogP contribution in [-0.4, -0.2) is 46.0 Å². The van der Waals surface area contributed by atoms with Gasteiger partial charge in [0.1, 0.15) is 0 Å². The van der Waals surface area contributed by atoms with Crippen LogP contribution >= 0.6 is 22.7 Å². The van der Waals surface area contributed by atoms with Crippen molar-refractivity contribution in [3.8, 4) is 0 Å². The van der Waals surface area contributed by atoms with E-state index in [0.29, 0.717) is 6.04 Å². The van der Waals surface area contributed by atoms with E-state index in [1.165, 1.54) is 11.3 Å². The quantitative estimate of drug-likeness (QED) is 0.607. The van der Waals surface area contributed by atoms with Gasteiger partial charge in [0.2, 0.25) is 0 Å². The summed E-state index contributed by atoms with van der Waals surface area (Å²) in [5.74, 6) is -2.82. The Morgan fingerprint density at radius 1 is 1.33 bits per heavy atom. The summed E-state index contributed by atoms with van der Waals surface area (Å²) in [4.78, 5) is 21.8. The summed E-state index contributed by atoms with van der Waals surface area (Å²) in [6, 6.07) is 4.40. The van der Waals surface area contributed by atoms with Crippen molar-refractivity contribution < 1.29 is 27.9 Å². The Morgan fingerprint density at radius 3 is 2.59 bits per heavy atom. The van der Waals surface area contributed by atoms with Crippen LogP contribution < -0.4 is 10.6 Å². The van der Waals surface area contributed by atoms with Crippen LogP contribution in [-0.2, 0) is 4.79 Å². The number of carboxylic acid groups (broad SMARTS) is 1. The lowest BCUT2D eigenvalue weighted by atomic mass is 10.2. The molecule has 0 radical (unpaired) electrons. The average Bonchev–Trinajstić information content (AvgIpc) is 3.20. The number of alkyl halides is 3. The minimum absolute atomic E-state index is 0.0651. The molecule has 144 valence electrons. The summed E-state index contributed by atoms with van der Waals surface area (Å²) in [7, 11) is 0. The first-order chi connectivity index (χ1) is 12.7. The molecule has 0 aliphatic carbocycles. The Morgan fingerprint density at radius 2 is 2.04 bits per heavy atom. The molecule has 4 heterocycles. The van der Waals surface area contributed by atoms with Crippen LogP contribution in [0.25, 0.3) is 9.40 Å². The van der Waals surface area contributed by atoms with Gasteiger partial charge in [0.15, 0.2) is 0 Å². The highest BCUT2D eigenvalue weighted by molar-refractivity contribution is 7.27. The Hall–Kier alpha value is -2.44. The molecule has 27 heavy (non-hydrogen) atoms. The van der Waals surface area contributed by atoms with Crippen molar-refractivity contribution in [2.24, 2.45) is 0 Å². The van der Waals surface area contributed by atoms with Crippen LogP contribution in [0.2, 0.25) is 0 Å². The van der Waals surface area contributed by atoms with Crippen molar-refractivity contribution in [3.05, 3.63) is 34.8 Å². The van der Waals surface area contributed by atoms with E-state index in [1.807, 2.05) is 28.4 Å². The molecular weight excluding hydrogens is 405 g/mol. The Labute approximate surface area is 158 Å². The van der Waals surface area contributed by atoms with Crippen molar-refractivity contribution in [1.29, 1.82) is 0 Å². The van der Waals surface area contributed by atoms with E-state index in [-0.39, 0.29) is 5.91 Å². The average molecular weight is 418 g/mol. The molecule has 12 heteroatoms. The number of thiophene rings is 2. The van der Waals surface area contributed by atoms with E-state index < -0.39 is 12.1 Å². The van der Waals surface area contributed by atoms with Gasteiger partial charge in [-0.25, -0.2) is 4.79 Å². The third-order valence-electron chi connectivity index (χ3n) is 3.60. The van der Waals surface area contributed by atoms with Gasteiger partial charge in [-0.3, -0.25) is 9.48 Å². The number of aromatic nitrogens is 2. The molecule has 3 aromatic rings. The van der Waals surface area contributed by atoms with Crippen LogP contribution in [0.1, 0.15) is 15.7 Å². The number of nitrogens with zero attached hydrogens (tertiary/aromatic N) is 2. The number of aliphatic carboxylic acids is 1. The fraction of sp³-hybridized carbons (Fsp3) is 0.267. The molecule has 1 amide bonds. The fourth-order valence-electron chi connectivity index (χ4n) is 2.13.